The highest BCUT2D eigenvalue weighted by atomic mass is 35.5. The van der Waals surface area contributed by atoms with Gasteiger partial charge < -0.3 is 5.73 Å². The van der Waals surface area contributed by atoms with Crippen LogP contribution in [0.25, 0.3) is 5.69 Å². The minimum absolute atomic E-state index is 0.0577. The van der Waals surface area contributed by atoms with Gasteiger partial charge in [-0.3, -0.25) is 0 Å². The van der Waals surface area contributed by atoms with Gasteiger partial charge in [0.25, 0.3) is 0 Å². The molecule has 2 rings (SSSR count). The summed E-state index contributed by atoms with van der Waals surface area (Å²) in [6, 6.07) is 4.62. The van der Waals surface area contributed by atoms with Crippen molar-refractivity contribution in [3.8, 4) is 5.69 Å². The Kier molecular flexibility index (Phi) is 3.77. The van der Waals surface area contributed by atoms with E-state index in [1.807, 2.05) is 0 Å². The summed E-state index contributed by atoms with van der Waals surface area (Å²) in [7, 11) is -2.31. The van der Waals surface area contributed by atoms with Crippen LogP contribution in [0.15, 0.2) is 23.1 Å². The molecule has 0 bridgehead atoms. The van der Waals surface area contributed by atoms with Crippen LogP contribution in [0.3, 0.4) is 0 Å². The normalized spacial score (nSPS) is 11.8. The van der Waals surface area contributed by atoms with Gasteiger partial charge in [-0.05, 0) is 39.1 Å². The molecule has 0 aliphatic heterocycles. The molecule has 0 atom stereocenters. The zero-order valence-corrected chi connectivity index (χ0v) is 12.9. The monoisotopic (exact) mass is 314 g/mol. The Labute approximate surface area is 122 Å². The smallest absolute Gasteiger partial charge is 0.242 e. The molecular formula is C12H15ClN4O2S. The van der Waals surface area contributed by atoms with Gasteiger partial charge in [-0.15, -0.1) is 0 Å². The molecule has 1 heterocycles. The van der Waals surface area contributed by atoms with E-state index in [1.165, 1.54) is 17.8 Å². The lowest BCUT2D eigenvalue weighted by Gasteiger charge is -2.12. The Morgan fingerprint density at radius 3 is 2.50 bits per heavy atom. The van der Waals surface area contributed by atoms with Crippen molar-refractivity contribution >= 4 is 27.3 Å². The second kappa shape index (κ2) is 5.08. The molecule has 0 saturated carbocycles. The van der Waals surface area contributed by atoms with Crippen LogP contribution >= 0.6 is 11.6 Å². The van der Waals surface area contributed by atoms with E-state index in [0.717, 1.165) is 0 Å². The number of halogens is 1. The summed E-state index contributed by atoms with van der Waals surface area (Å²) in [5.74, 6) is 0. The number of aromatic nitrogens is 2. The molecule has 2 aromatic rings. The summed E-state index contributed by atoms with van der Waals surface area (Å²) in [5, 5.41) is 4.78. The van der Waals surface area contributed by atoms with Crippen LogP contribution in [0.5, 0.6) is 0 Å². The highest BCUT2D eigenvalue weighted by molar-refractivity contribution is 7.89. The molecular weight excluding hydrogens is 300 g/mol. The maximum absolute atomic E-state index is 12.1. The molecule has 0 aliphatic carbocycles. The van der Waals surface area contributed by atoms with Crippen LogP contribution < -0.4 is 10.5 Å². The first-order valence-corrected chi connectivity index (χ1v) is 7.69. The third-order valence-corrected chi connectivity index (χ3v) is 4.96. The van der Waals surface area contributed by atoms with Crippen LogP contribution in [-0.2, 0) is 10.0 Å². The molecule has 1 aromatic heterocycles. The number of hydrogen-bond acceptors (Lipinski definition) is 4. The van der Waals surface area contributed by atoms with E-state index in [1.54, 1.807) is 26.0 Å². The second-order valence-electron chi connectivity index (χ2n) is 4.33. The zero-order chi connectivity index (χ0) is 15.1. The number of nitrogens with one attached hydrogen (secondary N) is 1. The standard InChI is InChI=1S/C12H15ClN4O2S/c1-7-12(13)8(2)17(16-7)10-5-4-9(14)6-11(10)20(18,19)15-3/h4-6,15H,14H2,1-3H3. The average molecular weight is 315 g/mol. The highest BCUT2D eigenvalue weighted by Gasteiger charge is 2.21. The minimum Gasteiger partial charge on any atom is -0.399 e. The first kappa shape index (κ1) is 14.8. The van der Waals surface area contributed by atoms with Crippen LogP contribution in [0.2, 0.25) is 5.02 Å². The number of benzene rings is 1. The van der Waals surface area contributed by atoms with Gasteiger partial charge in [-0.2, -0.15) is 5.10 Å². The number of nitrogens with two attached hydrogens (primary N) is 1. The van der Waals surface area contributed by atoms with Crippen molar-refractivity contribution in [2.24, 2.45) is 0 Å². The predicted molar refractivity (Wildman–Crippen MR) is 78.7 cm³/mol. The van der Waals surface area contributed by atoms with Crippen LogP contribution in [0.4, 0.5) is 5.69 Å². The van der Waals surface area contributed by atoms with E-state index in [2.05, 4.69) is 9.82 Å². The van der Waals surface area contributed by atoms with E-state index >= 15 is 0 Å². The molecule has 6 nitrogen and oxygen atoms in total. The molecule has 0 saturated heterocycles. The van der Waals surface area contributed by atoms with Crippen LogP contribution in [0.1, 0.15) is 11.4 Å². The lowest BCUT2D eigenvalue weighted by Crippen LogP contribution is -2.21. The van der Waals surface area contributed by atoms with Gasteiger partial charge in [0, 0.05) is 5.69 Å². The molecule has 0 fully saturated rings. The van der Waals surface area contributed by atoms with E-state index in [-0.39, 0.29) is 4.90 Å². The van der Waals surface area contributed by atoms with Crippen molar-refractivity contribution in [1.29, 1.82) is 0 Å². The van der Waals surface area contributed by atoms with Crippen molar-refractivity contribution in [3.63, 3.8) is 0 Å². The number of aryl methyl sites for hydroxylation is 1. The Balaban J connectivity index is 2.78. The Hall–Kier alpha value is -1.57. The molecule has 0 unspecified atom stereocenters. The Bertz CT molecular complexity index is 768. The van der Waals surface area contributed by atoms with Gasteiger partial charge in [0.1, 0.15) is 4.90 Å². The maximum atomic E-state index is 12.1. The van der Waals surface area contributed by atoms with Crippen molar-refractivity contribution in [3.05, 3.63) is 34.6 Å². The first-order valence-electron chi connectivity index (χ1n) is 5.83. The number of nitrogen functional groups attached to an aromatic ring is 1. The Morgan fingerprint density at radius 2 is 2.00 bits per heavy atom. The summed E-state index contributed by atoms with van der Waals surface area (Å²) in [5.41, 5.74) is 7.74. The highest BCUT2D eigenvalue weighted by Crippen LogP contribution is 2.27. The number of rotatable bonds is 3. The van der Waals surface area contributed by atoms with Gasteiger partial charge in [-0.1, -0.05) is 11.6 Å². The molecule has 3 N–H and O–H groups in total. The van der Waals surface area contributed by atoms with Crippen molar-refractivity contribution in [1.82, 2.24) is 14.5 Å². The molecule has 108 valence electrons. The summed E-state index contributed by atoms with van der Waals surface area (Å²) in [6.07, 6.45) is 0. The number of hydrogen-bond donors (Lipinski definition) is 2. The van der Waals surface area contributed by atoms with Crippen molar-refractivity contribution in [2.45, 2.75) is 18.7 Å². The van der Waals surface area contributed by atoms with Gasteiger partial charge >= 0.3 is 0 Å². The fraction of sp³-hybridized carbons (Fsp3) is 0.250. The molecule has 0 spiro atoms. The summed E-state index contributed by atoms with van der Waals surface area (Å²) < 4.78 is 28.0. The van der Waals surface area contributed by atoms with E-state index in [9.17, 15) is 8.42 Å². The molecule has 8 heteroatoms. The second-order valence-corrected chi connectivity index (χ2v) is 6.56. The quantitative estimate of drug-likeness (QED) is 0.843. The first-order chi connectivity index (χ1) is 9.27. The SMILES string of the molecule is CNS(=O)(=O)c1cc(N)ccc1-n1nc(C)c(Cl)c1C. The predicted octanol–water partition coefficient (Wildman–Crippen LogP) is 1.63. The van der Waals surface area contributed by atoms with E-state index < -0.39 is 10.0 Å². The number of nitrogens with zero attached hydrogens (tertiary/aromatic N) is 2. The van der Waals surface area contributed by atoms with E-state index in [4.69, 9.17) is 17.3 Å². The number of anilines is 1. The Morgan fingerprint density at radius 1 is 1.35 bits per heavy atom. The van der Waals surface area contributed by atoms with Crippen LogP contribution in [0, 0.1) is 13.8 Å². The van der Waals surface area contributed by atoms with Gasteiger partial charge in [-0.25, -0.2) is 17.8 Å². The lowest BCUT2D eigenvalue weighted by molar-refractivity contribution is 0.587. The topological polar surface area (TPSA) is 90.0 Å². The third kappa shape index (κ3) is 2.39. The maximum Gasteiger partial charge on any atom is 0.242 e. The molecule has 0 aliphatic rings. The lowest BCUT2D eigenvalue weighted by atomic mass is 10.3. The van der Waals surface area contributed by atoms with Gasteiger partial charge in [0.15, 0.2) is 0 Å². The molecule has 0 radical (unpaired) electrons. The van der Waals surface area contributed by atoms with E-state index in [0.29, 0.717) is 27.8 Å². The van der Waals surface area contributed by atoms with Gasteiger partial charge in [0.05, 0.1) is 22.1 Å². The fourth-order valence-corrected chi connectivity index (χ4v) is 2.95. The molecule has 0 amide bonds. The molecule has 1 aromatic carbocycles. The largest absolute Gasteiger partial charge is 0.399 e. The summed E-state index contributed by atoms with van der Waals surface area (Å²) in [4.78, 5) is 0.0577. The third-order valence-electron chi connectivity index (χ3n) is 2.97. The minimum atomic E-state index is -3.65. The fourth-order valence-electron chi connectivity index (χ4n) is 1.89. The summed E-state index contributed by atoms with van der Waals surface area (Å²) in [6.45, 7) is 3.53. The molecule has 20 heavy (non-hydrogen) atoms. The zero-order valence-electron chi connectivity index (χ0n) is 11.3. The van der Waals surface area contributed by atoms with Crippen LogP contribution in [-0.4, -0.2) is 25.2 Å². The van der Waals surface area contributed by atoms with Crippen molar-refractivity contribution in [2.75, 3.05) is 12.8 Å². The summed E-state index contributed by atoms with van der Waals surface area (Å²) >= 11 is 6.11. The van der Waals surface area contributed by atoms with Crippen molar-refractivity contribution < 1.29 is 8.42 Å². The van der Waals surface area contributed by atoms with Gasteiger partial charge in [0.2, 0.25) is 10.0 Å². The number of sulfonamides is 1. The average Bonchev–Trinajstić information content (AvgIpc) is 2.66.